The van der Waals surface area contributed by atoms with Crippen LogP contribution in [-0.4, -0.2) is 25.0 Å². The third-order valence-electron chi connectivity index (χ3n) is 3.32. The lowest BCUT2D eigenvalue weighted by molar-refractivity contribution is 0.0956. The predicted molar refractivity (Wildman–Crippen MR) is 107 cm³/mol. The molecule has 5 nitrogen and oxygen atoms in total. The van der Waals surface area contributed by atoms with Crippen LogP contribution in [0.4, 0.5) is 0 Å². The summed E-state index contributed by atoms with van der Waals surface area (Å²) in [4.78, 5) is 16.0. The van der Waals surface area contributed by atoms with E-state index < -0.39 is 0 Å². The predicted octanol–water partition coefficient (Wildman–Crippen LogP) is 3.04. The van der Waals surface area contributed by atoms with E-state index in [0.29, 0.717) is 24.6 Å². The first-order valence-corrected chi connectivity index (χ1v) is 8.08. The number of nitrogens with one attached hydrogen (secondary N) is 2. The SMILES string of the molecule is CCCCCCNC(N)=NCc1ccc(C(=O)NCC)cc1.I. The summed E-state index contributed by atoms with van der Waals surface area (Å²) in [6.07, 6.45) is 4.83. The van der Waals surface area contributed by atoms with Crippen molar-refractivity contribution < 1.29 is 4.79 Å². The highest BCUT2D eigenvalue weighted by Gasteiger charge is 2.03. The summed E-state index contributed by atoms with van der Waals surface area (Å²) in [5, 5.41) is 5.89. The molecule has 1 aromatic rings. The van der Waals surface area contributed by atoms with Crippen molar-refractivity contribution in [2.75, 3.05) is 13.1 Å². The minimum absolute atomic E-state index is 0. The van der Waals surface area contributed by atoms with Crippen molar-refractivity contribution in [3.63, 3.8) is 0 Å². The first kappa shape index (κ1) is 21.7. The normalized spacial score (nSPS) is 10.8. The van der Waals surface area contributed by atoms with Gasteiger partial charge in [0.05, 0.1) is 6.54 Å². The van der Waals surface area contributed by atoms with Crippen LogP contribution in [0, 0.1) is 0 Å². The zero-order chi connectivity index (χ0) is 16.2. The van der Waals surface area contributed by atoms with Crippen molar-refractivity contribution in [3.8, 4) is 0 Å². The second-order valence-corrected chi connectivity index (χ2v) is 5.25. The summed E-state index contributed by atoms with van der Waals surface area (Å²) in [6, 6.07) is 7.43. The van der Waals surface area contributed by atoms with Crippen LogP contribution < -0.4 is 16.4 Å². The molecule has 0 saturated heterocycles. The van der Waals surface area contributed by atoms with Gasteiger partial charge >= 0.3 is 0 Å². The molecular weight excluding hydrogens is 403 g/mol. The molecule has 0 aliphatic carbocycles. The highest BCUT2D eigenvalue weighted by molar-refractivity contribution is 14.0. The number of hydrogen-bond acceptors (Lipinski definition) is 2. The van der Waals surface area contributed by atoms with Crippen LogP contribution in [0.2, 0.25) is 0 Å². The zero-order valence-electron chi connectivity index (χ0n) is 14.1. The number of hydrogen-bond donors (Lipinski definition) is 3. The molecule has 23 heavy (non-hydrogen) atoms. The van der Waals surface area contributed by atoms with E-state index in [1.165, 1.54) is 19.3 Å². The minimum Gasteiger partial charge on any atom is -0.370 e. The molecule has 130 valence electrons. The summed E-state index contributed by atoms with van der Waals surface area (Å²) in [7, 11) is 0. The van der Waals surface area contributed by atoms with Crippen molar-refractivity contribution in [3.05, 3.63) is 35.4 Å². The van der Waals surface area contributed by atoms with Gasteiger partial charge in [0, 0.05) is 18.7 Å². The maximum atomic E-state index is 11.6. The number of carbonyl (C=O) groups excluding carboxylic acids is 1. The monoisotopic (exact) mass is 432 g/mol. The van der Waals surface area contributed by atoms with E-state index in [-0.39, 0.29) is 29.9 Å². The standard InChI is InChI=1S/C17H28N4O.HI/c1-3-5-6-7-12-20-17(18)21-13-14-8-10-15(11-9-14)16(22)19-4-2;/h8-11H,3-7,12-13H2,1-2H3,(H,19,22)(H3,18,20,21);1H. The Bertz CT molecular complexity index is 474. The first-order chi connectivity index (χ1) is 10.7. The van der Waals surface area contributed by atoms with E-state index in [1.807, 2.05) is 31.2 Å². The molecule has 1 rings (SSSR count). The molecule has 1 amide bonds. The molecule has 0 unspecified atom stereocenters. The van der Waals surface area contributed by atoms with Gasteiger partial charge in [-0.15, -0.1) is 24.0 Å². The average Bonchev–Trinajstić information content (AvgIpc) is 2.53. The Morgan fingerprint density at radius 1 is 1.09 bits per heavy atom. The van der Waals surface area contributed by atoms with Gasteiger partial charge in [-0.3, -0.25) is 4.79 Å². The Labute approximate surface area is 156 Å². The zero-order valence-corrected chi connectivity index (χ0v) is 16.4. The molecule has 0 aliphatic rings. The van der Waals surface area contributed by atoms with Gasteiger partial charge in [-0.05, 0) is 31.0 Å². The molecule has 4 N–H and O–H groups in total. The fourth-order valence-electron chi connectivity index (χ4n) is 2.02. The Hall–Kier alpha value is -1.31. The van der Waals surface area contributed by atoms with E-state index in [0.717, 1.165) is 18.5 Å². The topological polar surface area (TPSA) is 79.5 Å². The maximum absolute atomic E-state index is 11.6. The van der Waals surface area contributed by atoms with Gasteiger partial charge in [0.25, 0.3) is 5.91 Å². The van der Waals surface area contributed by atoms with E-state index >= 15 is 0 Å². The van der Waals surface area contributed by atoms with E-state index in [1.54, 1.807) is 0 Å². The Balaban J connectivity index is 0.00000484. The van der Waals surface area contributed by atoms with Gasteiger partial charge in [0.2, 0.25) is 0 Å². The third kappa shape index (κ3) is 9.43. The largest absolute Gasteiger partial charge is 0.370 e. The number of benzene rings is 1. The van der Waals surface area contributed by atoms with Crippen molar-refractivity contribution in [1.82, 2.24) is 10.6 Å². The average molecular weight is 432 g/mol. The maximum Gasteiger partial charge on any atom is 0.251 e. The van der Waals surface area contributed by atoms with Crippen molar-refractivity contribution in [2.24, 2.45) is 10.7 Å². The second-order valence-electron chi connectivity index (χ2n) is 5.25. The molecule has 0 aliphatic heterocycles. The molecule has 1 aromatic carbocycles. The lowest BCUT2D eigenvalue weighted by atomic mass is 10.1. The molecule has 6 heteroatoms. The Morgan fingerprint density at radius 2 is 1.78 bits per heavy atom. The summed E-state index contributed by atoms with van der Waals surface area (Å²) < 4.78 is 0. The van der Waals surface area contributed by atoms with Crippen LogP contribution in [0.25, 0.3) is 0 Å². The van der Waals surface area contributed by atoms with Crippen molar-refractivity contribution in [1.29, 1.82) is 0 Å². The van der Waals surface area contributed by atoms with E-state index in [4.69, 9.17) is 5.73 Å². The van der Waals surface area contributed by atoms with Crippen LogP contribution in [-0.2, 0) is 6.54 Å². The lowest BCUT2D eigenvalue weighted by Crippen LogP contribution is -2.32. The minimum atomic E-state index is -0.0502. The number of nitrogens with zero attached hydrogens (tertiary/aromatic N) is 1. The molecule has 0 aromatic heterocycles. The summed E-state index contributed by atoms with van der Waals surface area (Å²) in [5.41, 5.74) is 7.52. The number of aliphatic imine (C=N–C) groups is 1. The van der Waals surface area contributed by atoms with Gasteiger partial charge in [-0.25, -0.2) is 4.99 Å². The van der Waals surface area contributed by atoms with Gasteiger partial charge < -0.3 is 16.4 Å². The third-order valence-corrected chi connectivity index (χ3v) is 3.32. The van der Waals surface area contributed by atoms with E-state index in [2.05, 4.69) is 22.5 Å². The number of nitrogens with two attached hydrogens (primary N) is 1. The van der Waals surface area contributed by atoms with E-state index in [9.17, 15) is 4.79 Å². The number of unbranched alkanes of at least 4 members (excludes halogenated alkanes) is 3. The number of halogens is 1. The number of rotatable bonds is 9. The number of guanidine groups is 1. The Morgan fingerprint density at radius 3 is 2.39 bits per heavy atom. The quantitative estimate of drug-likeness (QED) is 0.243. The molecular formula is C17H29IN4O. The van der Waals surface area contributed by atoms with Gasteiger partial charge in [-0.2, -0.15) is 0 Å². The fraction of sp³-hybridized carbons (Fsp3) is 0.529. The fourth-order valence-corrected chi connectivity index (χ4v) is 2.02. The molecule has 0 saturated carbocycles. The van der Waals surface area contributed by atoms with Crippen LogP contribution in [0.15, 0.2) is 29.3 Å². The summed E-state index contributed by atoms with van der Waals surface area (Å²) in [6.45, 7) is 6.11. The summed E-state index contributed by atoms with van der Waals surface area (Å²) >= 11 is 0. The van der Waals surface area contributed by atoms with Crippen LogP contribution >= 0.6 is 24.0 Å². The highest BCUT2D eigenvalue weighted by Crippen LogP contribution is 2.05. The molecule has 0 bridgehead atoms. The smallest absolute Gasteiger partial charge is 0.251 e. The molecule has 0 radical (unpaired) electrons. The van der Waals surface area contributed by atoms with Crippen molar-refractivity contribution in [2.45, 2.75) is 46.1 Å². The summed E-state index contributed by atoms with van der Waals surface area (Å²) in [5.74, 6) is 0.426. The van der Waals surface area contributed by atoms with Gasteiger partial charge in [0.1, 0.15) is 0 Å². The van der Waals surface area contributed by atoms with Crippen LogP contribution in [0.1, 0.15) is 55.5 Å². The van der Waals surface area contributed by atoms with Crippen LogP contribution in [0.3, 0.4) is 0 Å². The number of carbonyl (C=O) groups is 1. The highest BCUT2D eigenvalue weighted by atomic mass is 127. The van der Waals surface area contributed by atoms with Crippen LogP contribution in [0.5, 0.6) is 0 Å². The second kappa shape index (κ2) is 13.2. The molecule has 0 spiro atoms. The molecule has 0 fully saturated rings. The van der Waals surface area contributed by atoms with Gasteiger partial charge in [0.15, 0.2) is 5.96 Å². The van der Waals surface area contributed by atoms with Crippen molar-refractivity contribution >= 4 is 35.8 Å². The van der Waals surface area contributed by atoms with Gasteiger partial charge in [-0.1, -0.05) is 38.3 Å². The lowest BCUT2D eigenvalue weighted by Gasteiger charge is -2.06. The molecule has 0 atom stereocenters. The molecule has 0 heterocycles. The number of amides is 1. The first-order valence-electron chi connectivity index (χ1n) is 8.08. The Kier molecular flexibility index (Phi) is 12.4.